The van der Waals surface area contributed by atoms with Gasteiger partial charge in [-0.05, 0) is 39.2 Å². The Bertz CT molecular complexity index is 423. The van der Waals surface area contributed by atoms with Crippen LogP contribution < -0.4 is 0 Å². The first-order chi connectivity index (χ1) is 11.0. The van der Waals surface area contributed by atoms with E-state index in [1.165, 1.54) is 0 Å². The van der Waals surface area contributed by atoms with Crippen LogP contribution in [0, 0.1) is 5.92 Å². The van der Waals surface area contributed by atoms with Crippen molar-refractivity contribution in [2.24, 2.45) is 5.92 Å². The van der Waals surface area contributed by atoms with Crippen LogP contribution >= 0.6 is 0 Å². The summed E-state index contributed by atoms with van der Waals surface area (Å²) in [5.74, 6) is 0.227. The summed E-state index contributed by atoms with van der Waals surface area (Å²) in [5, 5.41) is 9.90. The number of aliphatic hydroxyl groups is 1. The Morgan fingerprint density at radius 3 is 2.65 bits per heavy atom. The Hall–Kier alpha value is -0.690. The zero-order valence-corrected chi connectivity index (χ0v) is 14.4. The van der Waals surface area contributed by atoms with Gasteiger partial charge in [-0.1, -0.05) is 0 Å². The minimum atomic E-state index is -0.431. The van der Waals surface area contributed by atoms with E-state index in [-0.39, 0.29) is 23.5 Å². The number of morpholine rings is 1. The first-order valence-electron chi connectivity index (χ1n) is 8.85. The molecule has 2 heterocycles. The fourth-order valence-electron chi connectivity index (χ4n) is 4.32. The summed E-state index contributed by atoms with van der Waals surface area (Å²) in [6, 6.07) is 0. The summed E-state index contributed by atoms with van der Waals surface area (Å²) in [7, 11) is 3.75. The number of nitrogens with zero attached hydrogens (tertiary/aromatic N) is 2. The number of carbonyl (C=O) groups is 1. The van der Waals surface area contributed by atoms with Gasteiger partial charge in [-0.15, -0.1) is 0 Å². The van der Waals surface area contributed by atoms with Crippen LogP contribution in [0.2, 0.25) is 0 Å². The Labute approximate surface area is 138 Å². The number of ether oxygens (including phenoxy) is 2. The molecule has 23 heavy (non-hydrogen) atoms. The zero-order chi connectivity index (χ0) is 16.4. The van der Waals surface area contributed by atoms with Gasteiger partial charge in [-0.3, -0.25) is 4.79 Å². The highest BCUT2D eigenvalue weighted by Gasteiger charge is 2.42. The van der Waals surface area contributed by atoms with E-state index < -0.39 is 6.10 Å². The van der Waals surface area contributed by atoms with Gasteiger partial charge in [0.2, 0.25) is 5.91 Å². The van der Waals surface area contributed by atoms with Crippen molar-refractivity contribution < 1.29 is 19.4 Å². The maximum atomic E-state index is 12.8. The molecule has 3 atom stereocenters. The summed E-state index contributed by atoms with van der Waals surface area (Å²) >= 11 is 0. The molecule has 0 bridgehead atoms. The molecular formula is C17H30N2O4. The maximum absolute atomic E-state index is 12.8. The molecule has 6 nitrogen and oxygen atoms in total. The third-order valence-electron chi connectivity index (χ3n) is 5.83. The predicted octanol–water partition coefficient (Wildman–Crippen LogP) is 0.486. The Morgan fingerprint density at radius 2 is 2.00 bits per heavy atom. The van der Waals surface area contributed by atoms with Gasteiger partial charge in [-0.2, -0.15) is 0 Å². The Kier molecular flexibility index (Phi) is 5.26. The van der Waals surface area contributed by atoms with Gasteiger partial charge in [0.15, 0.2) is 0 Å². The molecular weight excluding hydrogens is 296 g/mol. The van der Waals surface area contributed by atoms with E-state index in [0.717, 1.165) is 52.0 Å². The molecule has 3 aliphatic rings. The van der Waals surface area contributed by atoms with Crippen molar-refractivity contribution >= 4 is 5.91 Å². The number of hydrogen-bond acceptors (Lipinski definition) is 5. The standard InChI is InChI=1S/C17H30N2O4/c1-18-9-10-23-17(12-18)5-7-19(8-6-17)16(21)13-3-4-14(20)15(11-13)22-2/h13-15,20H,3-12H2,1-2H3/t13-,14+,15-/m0/s1. The van der Waals surface area contributed by atoms with Crippen molar-refractivity contribution in [2.45, 2.75) is 49.9 Å². The third-order valence-corrected chi connectivity index (χ3v) is 5.83. The highest BCUT2D eigenvalue weighted by atomic mass is 16.5. The zero-order valence-electron chi connectivity index (χ0n) is 14.4. The lowest BCUT2D eigenvalue weighted by molar-refractivity contribution is -0.154. The number of amides is 1. The summed E-state index contributed by atoms with van der Waals surface area (Å²) in [6.07, 6.45) is 3.26. The molecule has 1 saturated carbocycles. The largest absolute Gasteiger partial charge is 0.390 e. The molecule has 1 aliphatic carbocycles. The maximum Gasteiger partial charge on any atom is 0.225 e. The van der Waals surface area contributed by atoms with Crippen molar-refractivity contribution in [3.05, 3.63) is 0 Å². The second-order valence-electron chi connectivity index (χ2n) is 7.45. The highest BCUT2D eigenvalue weighted by molar-refractivity contribution is 5.79. The van der Waals surface area contributed by atoms with Gasteiger partial charge >= 0.3 is 0 Å². The van der Waals surface area contributed by atoms with E-state index in [1.807, 2.05) is 4.90 Å². The molecule has 2 saturated heterocycles. The summed E-state index contributed by atoms with van der Waals surface area (Å²) in [5.41, 5.74) is -0.0540. The normalized spacial score (nSPS) is 35.4. The fraction of sp³-hybridized carbons (Fsp3) is 0.941. The Morgan fingerprint density at radius 1 is 1.26 bits per heavy atom. The van der Waals surface area contributed by atoms with Gasteiger partial charge in [0.1, 0.15) is 0 Å². The highest BCUT2D eigenvalue weighted by Crippen LogP contribution is 2.33. The summed E-state index contributed by atoms with van der Waals surface area (Å²) in [4.78, 5) is 17.1. The lowest BCUT2D eigenvalue weighted by atomic mass is 9.83. The average Bonchev–Trinajstić information content (AvgIpc) is 2.55. The van der Waals surface area contributed by atoms with E-state index in [1.54, 1.807) is 7.11 Å². The van der Waals surface area contributed by atoms with E-state index >= 15 is 0 Å². The molecule has 1 N–H and O–H groups in total. The summed E-state index contributed by atoms with van der Waals surface area (Å²) < 4.78 is 11.4. The van der Waals surface area contributed by atoms with Crippen molar-refractivity contribution in [3.8, 4) is 0 Å². The molecule has 6 heteroatoms. The van der Waals surface area contributed by atoms with E-state index in [4.69, 9.17) is 9.47 Å². The molecule has 3 fully saturated rings. The van der Waals surface area contributed by atoms with Crippen LogP contribution in [0.4, 0.5) is 0 Å². The minimum Gasteiger partial charge on any atom is -0.390 e. The first-order valence-corrected chi connectivity index (χ1v) is 8.85. The van der Waals surface area contributed by atoms with Crippen molar-refractivity contribution in [1.82, 2.24) is 9.80 Å². The fourth-order valence-corrected chi connectivity index (χ4v) is 4.32. The number of piperidine rings is 1. The van der Waals surface area contributed by atoms with Crippen LogP contribution in [-0.4, -0.2) is 85.6 Å². The first kappa shape index (κ1) is 17.1. The predicted molar refractivity (Wildman–Crippen MR) is 86.1 cm³/mol. The number of carbonyl (C=O) groups excluding carboxylic acids is 1. The lowest BCUT2D eigenvalue weighted by Gasteiger charge is -2.47. The molecule has 2 aliphatic heterocycles. The second kappa shape index (κ2) is 7.05. The van der Waals surface area contributed by atoms with Crippen molar-refractivity contribution in [2.75, 3.05) is 46.9 Å². The van der Waals surface area contributed by atoms with E-state index in [9.17, 15) is 9.90 Å². The summed E-state index contributed by atoms with van der Waals surface area (Å²) in [6.45, 7) is 4.32. The van der Waals surface area contributed by atoms with Crippen LogP contribution in [0.25, 0.3) is 0 Å². The van der Waals surface area contributed by atoms with Gasteiger partial charge in [0.25, 0.3) is 0 Å². The van der Waals surface area contributed by atoms with Crippen LogP contribution in [0.5, 0.6) is 0 Å². The molecule has 132 valence electrons. The van der Waals surface area contributed by atoms with Gasteiger partial charge in [0.05, 0.1) is 24.4 Å². The average molecular weight is 326 g/mol. The number of likely N-dealkylation sites (N-methyl/N-ethyl adjacent to an activating group) is 1. The van der Waals surface area contributed by atoms with Crippen molar-refractivity contribution in [3.63, 3.8) is 0 Å². The molecule has 0 aromatic carbocycles. The molecule has 1 amide bonds. The lowest BCUT2D eigenvalue weighted by Crippen LogP contribution is -2.57. The van der Waals surface area contributed by atoms with Crippen LogP contribution in [0.3, 0.4) is 0 Å². The van der Waals surface area contributed by atoms with Gasteiger partial charge in [0, 0.05) is 39.2 Å². The number of methoxy groups -OCH3 is 1. The number of likely N-dealkylation sites (tertiary alicyclic amines) is 1. The van der Waals surface area contributed by atoms with Crippen LogP contribution in [0.15, 0.2) is 0 Å². The quantitative estimate of drug-likeness (QED) is 0.800. The number of rotatable bonds is 2. The monoisotopic (exact) mass is 326 g/mol. The van der Waals surface area contributed by atoms with Crippen LogP contribution in [-0.2, 0) is 14.3 Å². The minimum absolute atomic E-state index is 0.00709. The third kappa shape index (κ3) is 3.71. The molecule has 0 aromatic heterocycles. The molecule has 0 unspecified atom stereocenters. The second-order valence-corrected chi connectivity index (χ2v) is 7.45. The van der Waals surface area contributed by atoms with Crippen LogP contribution in [0.1, 0.15) is 32.1 Å². The number of aliphatic hydroxyl groups excluding tert-OH is 1. The van der Waals surface area contributed by atoms with Crippen molar-refractivity contribution in [1.29, 1.82) is 0 Å². The molecule has 0 radical (unpaired) electrons. The van der Waals surface area contributed by atoms with Gasteiger partial charge < -0.3 is 24.4 Å². The van der Waals surface area contributed by atoms with E-state index in [2.05, 4.69) is 11.9 Å². The topological polar surface area (TPSA) is 62.2 Å². The smallest absolute Gasteiger partial charge is 0.225 e. The van der Waals surface area contributed by atoms with Gasteiger partial charge in [-0.25, -0.2) is 0 Å². The van der Waals surface area contributed by atoms with E-state index in [0.29, 0.717) is 12.8 Å². The Balaban J connectivity index is 1.54. The molecule has 1 spiro atoms. The molecule has 0 aromatic rings. The number of hydrogen-bond donors (Lipinski definition) is 1. The molecule has 3 rings (SSSR count). The SMILES string of the molecule is CO[C@H]1C[C@@H](C(=O)N2CCC3(CC2)CN(C)CCO3)CC[C@H]1O.